The van der Waals surface area contributed by atoms with Gasteiger partial charge in [-0.25, -0.2) is 0 Å². The van der Waals surface area contributed by atoms with Crippen molar-refractivity contribution in [2.24, 2.45) is 5.92 Å². The zero-order valence-electron chi connectivity index (χ0n) is 10.6. The van der Waals surface area contributed by atoms with Gasteiger partial charge in [-0.15, -0.1) is 0 Å². The minimum atomic E-state index is 0.197. The quantitative estimate of drug-likeness (QED) is 0.824. The first-order valence-electron chi connectivity index (χ1n) is 6.30. The summed E-state index contributed by atoms with van der Waals surface area (Å²) in [4.78, 5) is 0. The summed E-state index contributed by atoms with van der Waals surface area (Å²) in [5.74, 6) is 1.58. The maximum Gasteiger partial charge on any atom is 0.160 e. The molecular formula is C14H21NO2. The van der Waals surface area contributed by atoms with Gasteiger partial charge in [-0.1, -0.05) is 12.5 Å². The average molecular weight is 235 g/mol. The van der Waals surface area contributed by atoms with Gasteiger partial charge in [-0.2, -0.15) is 0 Å². The maximum absolute atomic E-state index is 9.50. The molecular weight excluding hydrogens is 214 g/mol. The molecule has 0 spiro atoms. The summed E-state index contributed by atoms with van der Waals surface area (Å²) in [6.07, 6.45) is 4.09. The molecule has 1 fully saturated rings. The molecule has 0 aromatic heterocycles. The van der Waals surface area contributed by atoms with Gasteiger partial charge < -0.3 is 15.2 Å². The van der Waals surface area contributed by atoms with E-state index in [0.717, 1.165) is 18.0 Å². The third-order valence-corrected chi connectivity index (χ3v) is 3.73. The second kappa shape index (κ2) is 5.41. The summed E-state index contributed by atoms with van der Waals surface area (Å²) in [7, 11) is 1.57. The number of hydrogen-bond acceptors (Lipinski definition) is 3. The number of ether oxygens (including phenoxy) is 1. The lowest BCUT2D eigenvalue weighted by Crippen LogP contribution is -2.36. The van der Waals surface area contributed by atoms with Crippen LogP contribution in [-0.4, -0.2) is 18.3 Å². The van der Waals surface area contributed by atoms with Crippen LogP contribution in [0, 0.1) is 5.92 Å². The van der Waals surface area contributed by atoms with Crippen LogP contribution in [0.25, 0.3) is 0 Å². The number of phenolic OH excluding ortho intramolecular Hbond substituents is 1. The molecule has 0 bridgehead atoms. The maximum atomic E-state index is 9.50. The van der Waals surface area contributed by atoms with Crippen LogP contribution in [0.2, 0.25) is 0 Å². The molecule has 1 atom stereocenters. The molecule has 2 N–H and O–H groups in total. The molecule has 0 aliphatic heterocycles. The van der Waals surface area contributed by atoms with E-state index in [-0.39, 0.29) is 5.75 Å². The molecule has 0 saturated heterocycles. The largest absolute Gasteiger partial charge is 0.504 e. The number of phenols is 1. The van der Waals surface area contributed by atoms with Gasteiger partial charge >= 0.3 is 0 Å². The van der Waals surface area contributed by atoms with E-state index in [9.17, 15) is 5.11 Å². The zero-order chi connectivity index (χ0) is 12.3. The Hall–Kier alpha value is -1.22. The Bertz CT molecular complexity index is 374. The first kappa shape index (κ1) is 12.2. The summed E-state index contributed by atoms with van der Waals surface area (Å²) in [5.41, 5.74) is 1.14. The number of rotatable bonds is 5. The molecule has 1 unspecified atom stereocenters. The van der Waals surface area contributed by atoms with Crippen molar-refractivity contribution in [3.8, 4) is 11.5 Å². The van der Waals surface area contributed by atoms with Crippen molar-refractivity contribution < 1.29 is 9.84 Å². The molecule has 1 aromatic rings. The number of methoxy groups -OCH3 is 1. The summed E-state index contributed by atoms with van der Waals surface area (Å²) in [5, 5.41) is 13.0. The molecule has 0 amide bonds. The van der Waals surface area contributed by atoms with Crippen molar-refractivity contribution in [2.75, 3.05) is 7.11 Å². The minimum absolute atomic E-state index is 0.197. The fraction of sp³-hybridized carbons (Fsp3) is 0.571. The first-order valence-corrected chi connectivity index (χ1v) is 6.30. The third kappa shape index (κ3) is 2.91. The number of benzene rings is 1. The van der Waals surface area contributed by atoms with E-state index in [1.54, 1.807) is 13.2 Å². The molecule has 0 radical (unpaired) electrons. The van der Waals surface area contributed by atoms with Crippen LogP contribution in [0.5, 0.6) is 11.5 Å². The van der Waals surface area contributed by atoms with Gasteiger partial charge in [0, 0.05) is 12.6 Å². The summed E-state index contributed by atoms with van der Waals surface area (Å²) >= 11 is 0. The Labute approximate surface area is 103 Å². The minimum Gasteiger partial charge on any atom is -0.504 e. The van der Waals surface area contributed by atoms with Crippen molar-refractivity contribution in [3.05, 3.63) is 23.8 Å². The van der Waals surface area contributed by atoms with E-state index in [1.165, 1.54) is 19.3 Å². The van der Waals surface area contributed by atoms with E-state index in [1.807, 2.05) is 12.1 Å². The van der Waals surface area contributed by atoms with E-state index < -0.39 is 0 Å². The van der Waals surface area contributed by atoms with Crippen LogP contribution in [0.3, 0.4) is 0 Å². The van der Waals surface area contributed by atoms with E-state index in [4.69, 9.17) is 4.74 Å². The average Bonchev–Trinajstić information content (AvgIpc) is 2.25. The van der Waals surface area contributed by atoms with Crippen LogP contribution in [0.15, 0.2) is 18.2 Å². The molecule has 1 aliphatic rings. The lowest BCUT2D eigenvalue weighted by molar-refractivity contribution is 0.240. The van der Waals surface area contributed by atoms with Crippen LogP contribution in [0.4, 0.5) is 0 Å². The van der Waals surface area contributed by atoms with Crippen molar-refractivity contribution in [2.45, 2.75) is 38.8 Å². The molecule has 1 aliphatic carbocycles. The highest BCUT2D eigenvalue weighted by Crippen LogP contribution is 2.30. The fourth-order valence-electron chi connectivity index (χ4n) is 2.22. The normalized spacial score (nSPS) is 17.5. The highest BCUT2D eigenvalue weighted by atomic mass is 16.5. The van der Waals surface area contributed by atoms with Gasteiger partial charge in [0.25, 0.3) is 0 Å². The summed E-state index contributed by atoms with van der Waals surface area (Å²) in [6.45, 7) is 3.08. The Morgan fingerprint density at radius 1 is 1.47 bits per heavy atom. The summed E-state index contributed by atoms with van der Waals surface area (Å²) < 4.78 is 5.09. The van der Waals surface area contributed by atoms with E-state index >= 15 is 0 Å². The smallest absolute Gasteiger partial charge is 0.160 e. The molecule has 1 saturated carbocycles. The molecule has 2 rings (SSSR count). The lowest BCUT2D eigenvalue weighted by atomic mass is 9.80. The van der Waals surface area contributed by atoms with Gasteiger partial charge in [0.15, 0.2) is 11.5 Å². The molecule has 3 nitrogen and oxygen atoms in total. The Morgan fingerprint density at radius 3 is 2.82 bits per heavy atom. The van der Waals surface area contributed by atoms with Crippen molar-refractivity contribution >= 4 is 0 Å². The topological polar surface area (TPSA) is 41.5 Å². The third-order valence-electron chi connectivity index (χ3n) is 3.73. The van der Waals surface area contributed by atoms with Gasteiger partial charge in [0.1, 0.15) is 0 Å². The van der Waals surface area contributed by atoms with Crippen molar-refractivity contribution in [1.29, 1.82) is 0 Å². The first-order chi connectivity index (χ1) is 8.20. The van der Waals surface area contributed by atoms with Gasteiger partial charge in [-0.05, 0) is 43.4 Å². The standard InChI is InChI=1S/C14H21NO2/c1-10(12-4-3-5-12)15-9-11-6-7-13(16)14(8-11)17-2/h6-8,10,12,15-16H,3-5,9H2,1-2H3. The van der Waals surface area contributed by atoms with Crippen LogP contribution in [0.1, 0.15) is 31.7 Å². The second-order valence-electron chi connectivity index (χ2n) is 4.87. The van der Waals surface area contributed by atoms with Gasteiger partial charge in [-0.3, -0.25) is 0 Å². The Kier molecular flexibility index (Phi) is 3.89. The Balaban J connectivity index is 1.89. The predicted octanol–water partition coefficient (Wildman–Crippen LogP) is 2.68. The number of aromatic hydroxyl groups is 1. The molecule has 0 heterocycles. The SMILES string of the molecule is COc1cc(CNC(C)C2CCC2)ccc1O. The van der Waals surface area contributed by atoms with E-state index in [2.05, 4.69) is 12.2 Å². The molecule has 17 heavy (non-hydrogen) atoms. The van der Waals surface area contributed by atoms with Crippen molar-refractivity contribution in [3.63, 3.8) is 0 Å². The lowest BCUT2D eigenvalue weighted by Gasteiger charge is -2.32. The zero-order valence-corrected chi connectivity index (χ0v) is 10.6. The highest BCUT2D eigenvalue weighted by molar-refractivity contribution is 5.41. The summed E-state index contributed by atoms with van der Waals surface area (Å²) in [6, 6.07) is 6.07. The molecule has 1 aromatic carbocycles. The Morgan fingerprint density at radius 2 is 2.24 bits per heavy atom. The molecule has 94 valence electrons. The van der Waals surface area contributed by atoms with E-state index in [0.29, 0.717) is 11.8 Å². The van der Waals surface area contributed by atoms with Crippen LogP contribution in [-0.2, 0) is 6.54 Å². The van der Waals surface area contributed by atoms with Crippen LogP contribution >= 0.6 is 0 Å². The predicted molar refractivity (Wildman–Crippen MR) is 68.3 cm³/mol. The number of nitrogens with one attached hydrogen (secondary N) is 1. The second-order valence-corrected chi connectivity index (χ2v) is 4.87. The fourth-order valence-corrected chi connectivity index (χ4v) is 2.22. The highest BCUT2D eigenvalue weighted by Gasteiger charge is 2.23. The van der Waals surface area contributed by atoms with Gasteiger partial charge in [0.2, 0.25) is 0 Å². The monoisotopic (exact) mass is 235 g/mol. The molecule has 3 heteroatoms. The number of hydrogen-bond donors (Lipinski definition) is 2. The van der Waals surface area contributed by atoms with Crippen LogP contribution < -0.4 is 10.1 Å². The van der Waals surface area contributed by atoms with Gasteiger partial charge in [0.05, 0.1) is 7.11 Å². The van der Waals surface area contributed by atoms with Crippen molar-refractivity contribution in [1.82, 2.24) is 5.32 Å².